The average Bonchev–Trinajstić information content (AvgIpc) is 2.99. The van der Waals surface area contributed by atoms with Crippen molar-refractivity contribution in [2.24, 2.45) is 0 Å². The van der Waals surface area contributed by atoms with Gasteiger partial charge in [0.1, 0.15) is 13.2 Å². The van der Waals surface area contributed by atoms with Gasteiger partial charge in [-0.25, -0.2) is 4.57 Å². The maximum absolute atomic E-state index is 12.7. The SMILES string of the molecule is CCCCC/C=C\C/C=C\CCCCCCCC(=O)NC(COP(=O)(O)OCC[N+](C)(C)C)C(O)/C=C/CC/C=C/CCCCC. The van der Waals surface area contributed by atoms with Crippen molar-refractivity contribution < 1.29 is 32.9 Å². The van der Waals surface area contributed by atoms with Gasteiger partial charge in [-0.05, 0) is 64.2 Å². The zero-order chi connectivity index (χ0) is 34.4. The zero-order valence-corrected chi connectivity index (χ0v) is 30.9. The number of hydrogen-bond donors (Lipinski definition) is 3. The van der Waals surface area contributed by atoms with Gasteiger partial charge in [0, 0.05) is 6.42 Å². The van der Waals surface area contributed by atoms with E-state index in [0.29, 0.717) is 17.4 Å². The smallest absolute Gasteiger partial charge is 0.387 e. The van der Waals surface area contributed by atoms with Crippen LogP contribution in [0.1, 0.15) is 129 Å². The second-order valence-corrected chi connectivity index (χ2v) is 14.7. The van der Waals surface area contributed by atoms with Gasteiger partial charge in [-0.1, -0.05) is 107 Å². The van der Waals surface area contributed by atoms with Gasteiger partial charge >= 0.3 is 7.82 Å². The maximum Gasteiger partial charge on any atom is 0.472 e. The molecular weight excluding hydrogens is 599 g/mol. The van der Waals surface area contributed by atoms with Crippen LogP contribution in [0.3, 0.4) is 0 Å². The van der Waals surface area contributed by atoms with Crippen LogP contribution in [0.4, 0.5) is 0 Å². The molecular formula is C37H70N2O6P+. The maximum atomic E-state index is 12.7. The molecule has 0 aromatic rings. The highest BCUT2D eigenvalue weighted by Gasteiger charge is 2.27. The Labute approximate surface area is 282 Å². The zero-order valence-electron chi connectivity index (χ0n) is 30.0. The monoisotopic (exact) mass is 669 g/mol. The van der Waals surface area contributed by atoms with E-state index in [9.17, 15) is 19.4 Å². The molecule has 9 heteroatoms. The number of carbonyl (C=O) groups excluding carboxylic acids is 1. The fourth-order valence-corrected chi connectivity index (χ4v) is 5.29. The van der Waals surface area contributed by atoms with E-state index in [1.54, 1.807) is 6.08 Å². The highest BCUT2D eigenvalue weighted by molar-refractivity contribution is 7.47. The minimum Gasteiger partial charge on any atom is -0.387 e. The number of likely N-dealkylation sites (N-methyl/N-ethyl adjacent to an activating group) is 1. The van der Waals surface area contributed by atoms with Gasteiger partial charge in [0.15, 0.2) is 0 Å². The Hall–Kier alpha value is -1.54. The molecule has 0 aliphatic heterocycles. The number of phosphoric ester groups is 1. The van der Waals surface area contributed by atoms with E-state index in [0.717, 1.165) is 64.2 Å². The molecule has 0 aromatic heterocycles. The normalized spacial score (nSPS) is 15.4. The fraction of sp³-hybridized carbons (Fsp3) is 0.757. The molecule has 268 valence electrons. The highest BCUT2D eigenvalue weighted by Crippen LogP contribution is 2.43. The minimum absolute atomic E-state index is 0.0511. The quantitative estimate of drug-likeness (QED) is 0.0295. The Kier molecular flexibility index (Phi) is 28.6. The number of carbonyl (C=O) groups is 1. The van der Waals surface area contributed by atoms with E-state index >= 15 is 0 Å². The van der Waals surface area contributed by atoms with E-state index in [1.165, 1.54) is 44.9 Å². The summed E-state index contributed by atoms with van der Waals surface area (Å²) in [6.45, 7) is 4.66. The van der Waals surface area contributed by atoms with Crippen molar-refractivity contribution in [3.8, 4) is 0 Å². The summed E-state index contributed by atoms with van der Waals surface area (Å²) in [4.78, 5) is 22.9. The van der Waals surface area contributed by atoms with Crippen LogP contribution in [0, 0.1) is 0 Å². The molecule has 0 heterocycles. The van der Waals surface area contributed by atoms with Gasteiger partial charge < -0.3 is 19.8 Å². The van der Waals surface area contributed by atoms with Crippen molar-refractivity contribution in [3.05, 3.63) is 48.6 Å². The largest absolute Gasteiger partial charge is 0.472 e. The van der Waals surface area contributed by atoms with Crippen LogP contribution >= 0.6 is 7.82 Å². The number of quaternary nitrogens is 1. The van der Waals surface area contributed by atoms with Crippen molar-refractivity contribution in [1.82, 2.24) is 5.32 Å². The number of amides is 1. The molecule has 3 atom stereocenters. The number of aliphatic hydroxyl groups is 1. The minimum atomic E-state index is -4.34. The lowest BCUT2D eigenvalue weighted by molar-refractivity contribution is -0.870. The molecule has 0 spiro atoms. The molecule has 0 saturated heterocycles. The summed E-state index contributed by atoms with van der Waals surface area (Å²) >= 11 is 0. The van der Waals surface area contributed by atoms with E-state index in [2.05, 4.69) is 55.6 Å². The van der Waals surface area contributed by atoms with E-state index in [4.69, 9.17) is 9.05 Å². The summed E-state index contributed by atoms with van der Waals surface area (Å²) in [6, 6.07) is -0.867. The Balaban J connectivity index is 4.59. The van der Waals surface area contributed by atoms with Crippen LogP contribution in [0.15, 0.2) is 48.6 Å². The summed E-state index contributed by atoms with van der Waals surface area (Å²) < 4.78 is 23.3. The molecule has 1 amide bonds. The van der Waals surface area contributed by atoms with Crippen LogP contribution in [0.25, 0.3) is 0 Å². The third kappa shape index (κ3) is 31.1. The molecule has 3 N–H and O–H groups in total. The second kappa shape index (κ2) is 29.6. The summed E-state index contributed by atoms with van der Waals surface area (Å²) in [5.74, 6) is -0.208. The van der Waals surface area contributed by atoms with Crippen LogP contribution in [-0.2, 0) is 18.4 Å². The molecule has 0 aliphatic carbocycles. The molecule has 0 aromatic carbocycles. The average molecular weight is 670 g/mol. The van der Waals surface area contributed by atoms with Crippen molar-refractivity contribution in [2.75, 3.05) is 40.9 Å². The first kappa shape index (κ1) is 44.5. The number of phosphoric acid groups is 1. The van der Waals surface area contributed by atoms with E-state index < -0.39 is 20.0 Å². The Morgan fingerprint density at radius 2 is 1.26 bits per heavy atom. The predicted octanol–water partition coefficient (Wildman–Crippen LogP) is 8.96. The summed E-state index contributed by atoms with van der Waals surface area (Å²) in [6.07, 6.45) is 34.7. The van der Waals surface area contributed by atoms with Crippen LogP contribution in [0.2, 0.25) is 0 Å². The first-order valence-corrected chi connectivity index (χ1v) is 19.5. The molecule has 0 rings (SSSR count). The van der Waals surface area contributed by atoms with Gasteiger partial charge in [-0.3, -0.25) is 13.8 Å². The molecule has 8 nitrogen and oxygen atoms in total. The third-order valence-electron chi connectivity index (χ3n) is 7.52. The van der Waals surface area contributed by atoms with Crippen molar-refractivity contribution in [2.45, 2.75) is 142 Å². The van der Waals surface area contributed by atoms with Gasteiger partial charge in [0.2, 0.25) is 5.91 Å². The number of aliphatic hydroxyl groups excluding tert-OH is 1. The summed E-state index contributed by atoms with van der Waals surface area (Å²) in [7, 11) is 1.53. The molecule has 0 saturated carbocycles. The summed E-state index contributed by atoms with van der Waals surface area (Å²) in [5, 5.41) is 13.6. The number of nitrogens with one attached hydrogen (secondary N) is 1. The van der Waals surface area contributed by atoms with Crippen LogP contribution < -0.4 is 5.32 Å². The molecule has 0 aliphatic rings. The van der Waals surface area contributed by atoms with Crippen molar-refractivity contribution in [3.63, 3.8) is 0 Å². The van der Waals surface area contributed by atoms with Crippen LogP contribution in [0.5, 0.6) is 0 Å². The lowest BCUT2D eigenvalue weighted by Crippen LogP contribution is -2.45. The Morgan fingerprint density at radius 1 is 0.739 bits per heavy atom. The molecule has 3 unspecified atom stereocenters. The standard InChI is InChI=1S/C37H69N2O6P/c1-6-8-10-12-14-16-17-18-19-20-21-23-25-27-29-31-37(41)38-35(34-45-46(42,43)44-33-32-39(3,4)5)36(40)30-28-26-24-22-15-13-11-9-7-2/h14-16,18-19,22,28,30,35-36,40H,6-13,17,20-21,23-27,29,31-34H2,1-5H3,(H-,38,41,42,43)/p+1/b16-14-,19-18-,22-15+,30-28+. The fourth-order valence-electron chi connectivity index (χ4n) is 4.55. The predicted molar refractivity (Wildman–Crippen MR) is 194 cm³/mol. The number of rotatable bonds is 31. The lowest BCUT2D eigenvalue weighted by atomic mass is 10.1. The molecule has 0 fully saturated rings. The van der Waals surface area contributed by atoms with E-state index in [-0.39, 0.29) is 19.1 Å². The van der Waals surface area contributed by atoms with Crippen LogP contribution in [-0.4, -0.2) is 73.4 Å². The second-order valence-electron chi connectivity index (χ2n) is 13.2. The van der Waals surface area contributed by atoms with Crippen molar-refractivity contribution in [1.29, 1.82) is 0 Å². The summed E-state index contributed by atoms with van der Waals surface area (Å²) in [5.41, 5.74) is 0. The first-order chi connectivity index (χ1) is 22.0. The number of unbranched alkanes of at least 4 members (excludes halogenated alkanes) is 12. The third-order valence-corrected chi connectivity index (χ3v) is 8.51. The van der Waals surface area contributed by atoms with Gasteiger partial charge in [0.25, 0.3) is 0 Å². The number of hydrogen-bond acceptors (Lipinski definition) is 5. The molecule has 0 bridgehead atoms. The Bertz CT molecular complexity index is 897. The van der Waals surface area contributed by atoms with Gasteiger partial charge in [-0.15, -0.1) is 0 Å². The molecule has 46 heavy (non-hydrogen) atoms. The topological polar surface area (TPSA) is 105 Å². The Morgan fingerprint density at radius 3 is 1.87 bits per heavy atom. The highest BCUT2D eigenvalue weighted by atomic mass is 31.2. The van der Waals surface area contributed by atoms with Gasteiger partial charge in [0.05, 0.1) is 39.9 Å². The van der Waals surface area contributed by atoms with Gasteiger partial charge in [-0.2, -0.15) is 0 Å². The number of allylic oxidation sites excluding steroid dienone is 7. The lowest BCUT2D eigenvalue weighted by Gasteiger charge is -2.25. The number of nitrogens with zero attached hydrogens (tertiary/aromatic N) is 1. The van der Waals surface area contributed by atoms with E-state index in [1.807, 2.05) is 27.2 Å². The first-order valence-electron chi connectivity index (χ1n) is 18.0. The molecule has 0 radical (unpaired) electrons. The van der Waals surface area contributed by atoms with Crippen molar-refractivity contribution >= 4 is 13.7 Å².